The summed E-state index contributed by atoms with van der Waals surface area (Å²) in [5.41, 5.74) is 4.99. The number of thiazole rings is 1. The number of benzene rings is 2. The number of fused-ring (bicyclic) bond motifs is 1. The van der Waals surface area contributed by atoms with Gasteiger partial charge < -0.3 is 15.4 Å². The van der Waals surface area contributed by atoms with Crippen molar-refractivity contribution in [1.82, 2.24) is 4.98 Å². The van der Waals surface area contributed by atoms with Crippen LogP contribution in [0.1, 0.15) is 11.1 Å². The van der Waals surface area contributed by atoms with Crippen LogP contribution < -0.4 is 15.4 Å². The number of amides is 1. The number of aryl methyl sites for hydroxylation is 1. The molecule has 0 saturated carbocycles. The largest absolute Gasteiger partial charge is 0.482 e. The van der Waals surface area contributed by atoms with Gasteiger partial charge in [0.1, 0.15) is 5.75 Å². The van der Waals surface area contributed by atoms with Crippen molar-refractivity contribution in [3.05, 3.63) is 59.0 Å². The molecule has 0 aliphatic carbocycles. The highest BCUT2D eigenvalue weighted by Gasteiger charge is 2.17. The minimum atomic E-state index is -0.136. The Labute approximate surface area is 161 Å². The molecule has 1 aliphatic rings. The Morgan fingerprint density at radius 2 is 2.04 bits per heavy atom. The van der Waals surface area contributed by atoms with Gasteiger partial charge in [-0.15, -0.1) is 23.7 Å². The first-order chi connectivity index (χ1) is 12.2. The zero-order valence-corrected chi connectivity index (χ0v) is 15.7. The fourth-order valence-electron chi connectivity index (χ4n) is 2.61. The second-order valence-electron chi connectivity index (χ2n) is 5.92. The van der Waals surface area contributed by atoms with Crippen molar-refractivity contribution in [2.24, 2.45) is 0 Å². The third-order valence-electron chi connectivity index (χ3n) is 3.98. The smallest absolute Gasteiger partial charge is 0.262 e. The van der Waals surface area contributed by atoms with Gasteiger partial charge in [0.25, 0.3) is 5.91 Å². The van der Waals surface area contributed by atoms with Crippen LogP contribution in [0.25, 0.3) is 11.3 Å². The number of rotatable bonds is 4. The normalized spacial score (nSPS) is 12.4. The van der Waals surface area contributed by atoms with Crippen molar-refractivity contribution in [3.63, 3.8) is 0 Å². The number of hydrogen-bond donors (Lipinski definition) is 2. The van der Waals surface area contributed by atoms with E-state index in [2.05, 4.69) is 46.8 Å². The fraction of sp³-hybridized carbons (Fsp3) is 0.158. The summed E-state index contributed by atoms with van der Waals surface area (Å²) in [7, 11) is 0. The van der Waals surface area contributed by atoms with Crippen molar-refractivity contribution >= 4 is 40.5 Å². The Morgan fingerprint density at radius 1 is 1.23 bits per heavy atom. The van der Waals surface area contributed by atoms with Crippen LogP contribution in [-0.4, -0.2) is 17.5 Å². The number of carbonyl (C=O) groups is 1. The van der Waals surface area contributed by atoms with Crippen LogP contribution in [0.3, 0.4) is 0 Å². The van der Waals surface area contributed by atoms with Gasteiger partial charge in [-0.3, -0.25) is 4.79 Å². The summed E-state index contributed by atoms with van der Waals surface area (Å²) in [4.78, 5) is 16.1. The Kier molecular flexibility index (Phi) is 5.44. The predicted molar refractivity (Wildman–Crippen MR) is 107 cm³/mol. The van der Waals surface area contributed by atoms with Gasteiger partial charge >= 0.3 is 0 Å². The predicted octanol–water partition coefficient (Wildman–Crippen LogP) is 4.48. The molecule has 0 fully saturated rings. The summed E-state index contributed by atoms with van der Waals surface area (Å²) in [6, 6.07) is 14.1. The molecule has 2 heterocycles. The zero-order chi connectivity index (χ0) is 17.2. The van der Waals surface area contributed by atoms with Gasteiger partial charge in [0.2, 0.25) is 0 Å². The molecule has 0 unspecified atom stereocenters. The minimum absolute atomic E-state index is 0. The molecule has 0 saturated heterocycles. The summed E-state index contributed by atoms with van der Waals surface area (Å²) in [5, 5.41) is 9.05. The maximum absolute atomic E-state index is 11.5. The van der Waals surface area contributed by atoms with E-state index in [-0.39, 0.29) is 24.9 Å². The van der Waals surface area contributed by atoms with Gasteiger partial charge in [0, 0.05) is 17.5 Å². The van der Waals surface area contributed by atoms with Crippen molar-refractivity contribution in [1.29, 1.82) is 0 Å². The number of aromatic nitrogens is 1. The van der Waals surface area contributed by atoms with Crippen molar-refractivity contribution in [3.8, 4) is 17.0 Å². The van der Waals surface area contributed by atoms with Crippen LogP contribution in [0.5, 0.6) is 5.75 Å². The monoisotopic (exact) mass is 387 g/mol. The van der Waals surface area contributed by atoms with E-state index in [9.17, 15) is 4.79 Å². The van der Waals surface area contributed by atoms with E-state index in [1.807, 2.05) is 23.6 Å². The molecule has 2 N–H and O–H groups in total. The van der Waals surface area contributed by atoms with E-state index in [0.717, 1.165) is 22.9 Å². The molecule has 1 aliphatic heterocycles. The van der Waals surface area contributed by atoms with Gasteiger partial charge in [-0.2, -0.15) is 0 Å². The Morgan fingerprint density at radius 3 is 2.85 bits per heavy atom. The molecule has 2 aromatic carbocycles. The summed E-state index contributed by atoms with van der Waals surface area (Å²) in [6.45, 7) is 2.88. The standard InChI is InChI=1S/C19H17N3O2S.ClH/c1-12-2-4-13(5-3-12)9-20-19-22-16(11-25-19)14-6-7-17-15(8-14)21-18(23)10-24-17;/h2-8,11H,9-10H2,1H3,(H,20,22)(H,21,23);1H. The number of ether oxygens (including phenoxy) is 1. The lowest BCUT2D eigenvalue weighted by atomic mass is 10.1. The topological polar surface area (TPSA) is 63.2 Å². The molecular weight excluding hydrogens is 370 g/mol. The summed E-state index contributed by atoms with van der Waals surface area (Å²) < 4.78 is 5.39. The van der Waals surface area contributed by atoms with E-state index >= 15 is 0 Å². The second kappa shape index (κ2) is 7.76. The van der Waals surface area contributed by atoms with Crippen LogP contribution in [0.15, 0.2) is 47.8 Å². The fourth-order valence-corrected chi connectivity index (χ4v) is 3.33. The molecule has 26 heavy (non-hydrogen) atoms. The maximum Gasteiger partial charge on any atom is 0.262 e. The Balaban J connectivity index is 0.00000196. The number of hydrogen-bond acceptors (Lipinski definition) is 5. The first kappa shape index (κ1) is 18.2. The molecule has 0 bridgehead atoms. The van der Waals surface area contributed by atoms with Crippen molar-refractivity contribution in [2.45, 2.75) is 13.5 Å². The molecule has 134 valence electrons. The number of carbonyl (C=O) groups excluding carboxylic acids is 1. The van der Waals surface area contributed by atoms with Crippen LogP contribution in [0.4, 0.5) is 10.8 Å². The molecule has 0 radical (unpaired) electrons. The highest BCUT2D eigenvalue weighted by Crippen LogP contribution is 2.33. The molecule has 3 aromatic rings. The van der Waals surface area contributed by atoms with E-state index in [1.54, 1.807) is 11.3 Å². The number of halogens is 1. The van der Waals surface area contributed by atoms with E-state index in [4.69, 9.17) is 4.74 Å². The highest BCUT2D eigenvalue weighted by molar-refractivity contribution is 7.14. The average molecular weight is 388 g/mol. The summed E-state index contributed by atoms with van der Waals surface area (Å²) >= 11 is 1.56. The minimum Gasteiger partial charge on any atom is -0.482 e. The number of nitrogens with one attached hydrogen (secondary N) is 2. The van der Waals surface area contributed by atoms with Crippen molar-refractivity contribution in [2.75, 3.05) is 17.2 Å². The Bertz CT molecular complexity index is 925. The lowest BCUT2D eigenvalue weighted by molar-refractivity contribution is -0.118. The second-order valence-corrected chi connectivity index (χ2v) is 6.78. The molecule has 1 amide bonds. The SMILES string of the molecule is Cc1ccc(CNc2nc(-c3ccc4c(c3)NC(=O)CO4)cs2)cc1.Cl. The average Bonchev–Trinajstić information content (AvgIpc) is 3.09. The number of nitrogens with zero attached hydrogens (tertiary/aromatic N) is 1. The lowest BCUT2D eigenvalue weighted by Gasteiger charge is -2.18. The quantitative estimate of drug-likeness (QED) is 0.692. The first-order valence-electron chi connectivity index (χ1n) is 7.99. The van der Waals surface area contributed by atoms with E-state index in [1.165, 1.54) is 11.1 Å². The third kappa shape index (κ3) is 3.98. The lowest BCUT2D eigenvalue weighted by Crippen LogP contribution is -2.25. The first-order valence-corrected chi connectivity index (χ1v) is 8.87. The van der Waals surface area contributed by atoms with E-state index in [0.29, 0.717) is 11.4 Å². The molecule has 4 rings (SSSR count). The van der Waals surface area contributed by atoms with Crippen LogP contribution in [0.2, 0.25) is 0 Å². The molecular formula is C19H18ClN3O2S. The van der Waals surface area contributed by atoms with Crippen LogP contribution in [0, 0.1) is 6.92 Å². The van der Waals surface area contributed by atoms with Crippen molar-refractivity contribution < 1.29 is 9.53 Å². The van der Waals surface area contributed by atoms with Gasteiger partial charge in [-0.25, -0.2) is 4.98 Å². The molecule has 7 heteroatoms. The van der Waals surface area contributed by atoms with Gasteiger partial charge in [-0.1, -0.05) is 29.8 Å². The van der Waals surface area contributed by atoms with Crippen LogP contribution in [-0.2, 0) is 11.3 Å². The molecule has 0 spiro atoms. The summed E-state index contributed by atoms with van der Waals surface area (Å²) in [5.74, 6) is 0.555. The third-order valence-corrected chi connectivity index (χ3v) is 4.78. The zero-order valence-electron chi connectivity index (χ0n) is 14.1. The number of anilines is 2. The van der Waals surface area contributed by atoms with Gasteiger partial charge in [0.15, 0.2) is 11.7 Å². The van der Waals surface area contributed by atoms with Crippen LogP contribution >= 0.6 is 23.7 Å². The molecule has 1 aromatic heterocycles. The summed E-state index contributed by atoms with van der Waals surface area (Å²) in [6.07, 6.45) is 0. The molecule has 5 nitrogen and oxygen atoms in total. The highest BCUT2D eigenvalue weighted by atomic mass is 35.5. The maximum atomic E-state index is 11.5. The van der Waals surface area contributed by atoms with E-state index < -0.39 is 0 Å². The molecule has 0 atom stereocenters. The van der Waals surface area contributed by atoms with Gasteiger partial charge in [-0.05, 0) is 30.7 Å². The Hall–Kier alpha value is -2.57. The van der Waals surface area contributed by atoms with Gasteiger partial charge in [0.05, 0.1) is 11.4 Å².